The molecule has 0 saturated heterocycles. The maximum absolute atomic E-state index is 5.72. The Bertz CT molecular complexity index is 338. The molecule has 1 rings (SSSR count). The van der Waals surface area contributed by atoms with Crippen LogP contribution in [0.3, 0.4) is 0 Å². The molecule has 1 heterocycles. The average Bonchev–Trinajstić information content (AvgIpc) is 2.71. The molecular weight excluding hydrogens is 224 g/mol. The van der Waals surface area contributed by atoms with Crippen molar-refractivity contribution in [1.29, 1.82) is 0 Å². The number of nitrogens with two attached hydrogens (primary N) is 1. The number of aromatic nitrogens is 3. The highest BCUT2D eigenvalue weighted by molar-refractivity contribution is 4.88. The lowest BCUT2D eigenvalue weighted by molar-refractivity contribution is 0.213. The van der Waals surface area contributed by atoms with Gasteiger partial charge in [0.25, 0.3) is 0 Å². The summed E-state index contributed by atoms with van der Waals surface area (Å²) in [6.45, 7) is 10.8. The molecule has 1 atom stereocenters. The van der Waals surface area contributed by atoms with Crippen molar-refractivity contribution >= 4 is 0 Å². The second kappa shape index (κ2) is 6.88. The maximum Gasteiger partial charge on any atom is 0.132 e. The van der Waals surface area contributed by atoms with E-state index in [1.54, 1.807) is 0 Å². The van der Waals surface area contributed by atoms with Gasteiger partial charge < -0.3 is 10.3 Å². The van der Waals surface area contributed by atoms with Crippen LogP contribution >= 0.6 is 0 Å². The average molecular weight is 252 g/mol. The van der Waals surface area contributed by atoms with Crippen LogP contribution in [0, 0.1) is 11.3 Å². The van der Waals surface area contributed by atoms with E-state index in [0.29, 0.717) is 11.3 Å². The van der Waals surface area contributed by atoms with E-state index in [1.165, 1.54) is 0 Å². The standard InChI is InChI=1S/C14H28N4/c1-5-10-18-11-16-17-13(18)7-6-12(8-9-15)14(2,3)4/h11-12H,5-10,15H2,1-4H3. The first-order chi connectivity index (χ1) is 8.49. The zero-order valence-corrected chi connectivity index (χ0v) is 12.3. The molecule has 4 nitrogen and oxygen atoms in total. The predicted octanol–water partition coefficient (Wildman–Crippen LogP) is 2.63. The summed E-state index contributed by atoms with van der Waals surface area (Å²) in [4.78, 5) is 0. The molecule has 2 N–H and O–H groups in total. The number of nitrogens with zero attached hydrogens (tertiary/aromatic N) is 3. The SMILES string of the molecule is CCCn1cnnc1CCC(CCN)C(C)(C)C. The minimum atomic E-state index is 0.314. The Morgan fingerprint density at radius 3 is 2.61 bits per heavy atom. The van der Waals surface area contributed by atoms with Gasteiger partial charge in [0.05, 0.1) is 0 Å². The smallest absolute Gasteiger partial charge is 0.132 e. The van der Waals surface area contributed by atoms with Crippen LogP contribution in [0.4, 0.5) is 0 Å². The van der Waals surface area contributed by atoms with Crippen LogP contribution in [0.1, 0.15) is 52.8 Å². The molecule has 0 radical (unpaired) electrons. The first-order valence-electron chi connectivity index (χ1n) is 7.05. The van der Waals surface area contributed by atoms with Gasteiger partial charge in [0.2, 0.25) is 0 Å². The summed E-state index contributed by atoms with van der Waals surface area (Å²) in [7, 11) is 0. The van der Waals surface area contributed by atoms with Crippen molar-refractivity contribution in [1.82, 2.24) is 14.8 Å². The lowest BCUT2D eigenvalue weighted by Gasteiger charge is -2.30. The normalized spacial score (nSPS) is 13.8. The second-order valence-electron chi connectivity index (χ2n) is 6.12. The quantitative estimate of drug-likeness (QED) is 0.811. The molecule has 0 aromatic carbocycles. The first kappa shape index (κ1) is 15.2. The van der Waals surface area contributed by atoms with Gasteiger partial charge in [-0.25, -0.2) is 0 Å². The van der Waals surface area contributed by atoms with Crippen molar-refractivity contribution in [2.24, 2.45) is 17.1 Å². The minimum absolute atomic E-state index is 0.314. The fourth-order valence-electron chi connectivity index (χ4n) is 2.42. The molecule has 0 bridgehead atoms. The molecule has 0 aliphatic carbocycles. The minimum Gasteiger partial charge on any atom is -0.330 e. The van der Waals surface area contributed by atoms with Crippen molar-refractivity contribution in [3.05, 3.63) is 12.2 Å². The van der Waals surface area contributed by atoms with E-state index in [1.807, 2.05) is 6.33 Å². The zero-order valence-electron chi connectivity index (χ0n) is 12.3. The van der Waals surface area contributed by atoms with E-state index in [0.717, 1.165) is 44.6 Å². The number of hydrogen-bond acceptors (Lipinski definition) is 3. The van der Waals surface area contributed by atoms with Crippen LogP contribution in [-0.4, -0.2) is 21.3 Å². The van der Waals surface area contributed by atoms with E-state index in [9.17, 15) is 0 Å². The fourth-order valence-corrected chi connectivity index (χ4v) is 2.42. The Kier molecular flexibility index (Phi) is 5.79. The molecule has 4 heteroatoms. The highest BCUT2D eigenvalue weighted by Gasteiger charge is 2.24. The first-order valence-corrected chi connectivity index (χ1v) is 7.05. The number of hydrogen-bond donors (Lipinski definition) is 1. The summed E-state index contributed by atoms with van der Waals surface area (Å²) < 4.78 is 2.17. The van der Waals surface area contributed by atoms with Gasteiger partial charge in [-0.3, -0.25) is 0 Å². The van der Waals surface area contributed by atoms with Crippen molar-refractivity contribution in [3.63, 3.8) is 0 Å². The third-order valence-corrected chi connectivity index (χ3v) is 3.62. The molecule has 0 saturated carbocycles. The highest BCUT2D eigenvalue weighted by atomic mass is 15.3. The summed E-state index contributed by atoms with van der Waals surface area (Å²) >= 11 is 0. The van der Waals surface area contributed by atoms with E-state index in [-0.39, 0.29) is 0 Å². The fraction of sp³-hybridized carbons (Fsp3) is 0.857. The summed E-state index contributed by atoms with van der Waals surface area (Å²) in [5.41, 5.74) is 6.03. The molecule has 1 aromatic rings. The van der Waals surface area contributed by atoms with Crippen molar-refractivity contribution < 1.29 is 0 Å². The van der Waals surface area contributed by atoms with Crippen LogP contribution in [-0.2, 0) is 13.0 Å². The molecule has 1 aromatic heterocycles. The molecule has 0 spiro atoms. The van der Waals surface area contributed by atoms with Crippen LogP contribution in [0.5, 0.6) is 0 Å². The molecule has 0 fully saturated rings. The van der Waals surface area contributed by atoms with Crippen molar-refractivity contribution in [2.45, 2.75) is 59.9 Å². The van der Waals surface area contributed by atoms with E-state index in [2.05, 4.69) is 42.5 Å². The van der Waals surface area contributed by atoms with E-state index >= 15 is 0 Å². The van der Waals surface area contributed by atoms with Gasteiger partial charge in [-0.15, -0.1) is 10.2 Å². The molecule has 0 amide bonds. The van der Waals surface area contributed by atoms with Crippen LogP contribution in [0.2, 0.25) is 0 Å². The second-order valence-corrected chi connectivity index (χ2v) is 6.12. The summed E-state index contributed by atoms with van der Waals surface area (Å²) in [6, 6.07) is 0. The highest BCUT2D eigenvalue weighted by Crippen LogP contribution is 2.31. The van der Waals surface area contributed by atoms with Crippen LogP contribution in [0.15, 0.2) is 6.33 Å². The lowest BCUT2D eigenvalue weighted by Crippen LogP contribution is -2.24. The third-order valence-electron chi connectivity index (χ3n) is 3.62. The van der Waals surface area contributed by atoms with Gasteiger partial charge in [-0.1, -0.05) is 27.7 Å². The molecule has 0 aliphatic heterocycles. The number of aryl methyl sites for hydroxylation is 2. The van der Waals surface area contributed by atoms with Gasteiger partial charge in [-0.2, -0.15) is 0 Å². The van der Waals surface area contributed by atoms with Gasteiger partial charge in [0.1, 0.15) is 12.2 Å². The third kappa shape index (κ3) is 4.41. The van der Waals surface area contributed by atoms with Crippen molar-refractivity contribution in [3.8, 4) is 0 Å². The maximum atomic E-state index is 5.72. The number of rotatable bonds is 7. The largest absolute Gasteiger partial charge is 0.330 e. The van der Waals surface area contributed by atoms with Gasteiger partial charge in [-0.05, 0) is 37.1 Å². The zero-order chi connectivity index (χ0) is 13.6. The Morgan fingerprint density at radius 2 is 2.06 bits per heavy atom. The van der Waals surface area contributed by atoms with Crippen LogP contribution < -0.4 is 5.73 Å². The van der Waals surface area contributed by atoms with Gasteiger partial charge in [0, 0.05) is 13.0 Å². The predicted molar refractivity (Wildman–Crippen MR) is 75.3 cm³/mol. The topological polar surface area (TPSA) is 56.7 Å². The Balaban J connectivity index is 2.58. The molecule has 1 unspecified atom stereocenters. The lowest BCUT2D eigenvalue weighted by atomic mass is 9.76. The van der Waals surface area contributed by atoms with Crippen molar-refractivity contribution in [2.75, 3.05) is 6.54 Å². The van der Waals surface area contributed by atoms with Gasteiger partial charge in [0.15, 0.2) is 0 Å². The molecule has 0 aliphatic rings. The Hall–Kier alpha value is -0.900. The van der Waals surface area contributed by atoms with E-state index < -0.39 is 0 Å². The molecule has 18 heavy (non-hydrogen) atoms. The summed E-state index contributed by atoms with van der Waals surface area (Å²) in [5.74, 6) is 1.76. The monoisotopic (exact) mass is 252 g/mol. The van der Waals surface area contributed by atoms with E-state index in [4.69, 9.17) is 5.73 Å². The Morgan fingerprint density at radius 1 is 1.33 bits per heavy atom. The van der Waals surface area contributed by atoms with Gasteiger partial charge >= 0.3 is 0 Å². The molecular formula is C14H28N4. The molecule has 104 valence electrons. The van der Waals surface area contributed by atoms with Crippen LogP contribution in [0.25, 0.3) is 0 Å². The summed E-state index contributed by atoms with van der Waals surface area (Å²) in [6.07, 6.45) is 6.20. The Labute approximate surface area is 111 Å². The summed E-state index contributed by atoms with van der Waals surface area (Å²) in [5, 5.41) is 8.25.